The van der Waals surface area contributed by atoms with Crippen LogP contribution >= 0.6 is 15.9 Å². The van der Waals surface area contributed by atoms with Crippen molar-refractivity contribution >= 4 is 21.9 Å². The standard InChI is InChI=1S/C9H9BrO5/c1-14-5-3-4(10)6(9(12)13)7(11)8(5)15-2/h3,11H,1-2H3,(H,12,13). The molecule has 0 fully saturated rings. The van der Waals surface area contributed by atoms with Crippen LogP contribution in [0, 0.1) is 0 Å². The number of carbonyl (C=O) groups is 1. The first-order chi connectivity index (χ1) is 7.02. The monoisotopic (exact) mass is 276 g/mol. The van der Waals surface area contributed by atoms with Crippen LogP contribution in [0.5, 0.6) is 17.2 Å². The van der Waals surface area contributed by atoms with Gasteiger partial charge in [-0.3, -0.25) is 0 Å². The van der Waals surface area contributed by atoms with Gasteiger partial charge < -0.3 is 19.7 Å². The summed E-state index contributed by atoms with van der Waals surface area (Å²) >= 11 is 3.03. The van der Waals surface area contributed by atoms with Gasteiger partial charge in [-0.15, -0.1) is 0 Å². The Balaban J connectivity index is 3.51. The third kappa shape index (κ3) is 1.99. The minimum atomic E-state index is -1.25. The van der Waals surface area contributed by atoms with E-state index in [1.807, 2.05) is 0 Å². The highest BCUT2D eigenvalue weighted by Crippen LogP contribution is 2.42. The zero-order chi connectivity index (χ0) is 11.6. The van der Waals surface area contributed by atoms with E-state index in [0.717, 1.165) is 0 Å². The molecule has 0 aliphatic carbocycles. The van der Waals surface area contributed by atoms with Gasteiger partial charge >= 0.3 is 5.97 Å². The summed E-state index contributed by atoms with van der Waals surface area (Å²) < 4.78 is 10.0. The minimum Gasteiger partial charge on any atom is -0.504 e. The van der Waals surface area contributed by atoms with E-state index in [1.165, 1.54) is 20.3 Å². The molecule has 0 atom stereocenters. The molecule has 0 aromatic heterocycles. The Labute approximate surface area is 94.4 Å². The van der Waals surface area contributed by atoms with Gasteiger partial charge in [-0.05, 0) is 22.0 Å². The second kappa shape index (κ2) is 4.39. The first kappa shape index (κ1) is 11.6. The van der Waals surface area contributed by atoms with Crippen LogP contribution in [-0.2, 0) is 0 Å². The summed E-state index contributed by atoms with van der Waals surface area (Å²) in [6, 6.07) is 1.42. The lowest BCUT2D eigenvalue weighted by atomic mass is 10.1. The fourth-order valence-electron chi connectivity index (χ4n) is 1.15. The van der Waals surface area contributed by atoms with Crippen LogP contribution in [0.1, 0.15) is 10.4 Å². The number of methoxy groups -OCH3 is 2. The van der Waals surface area contributed by atoms with Gasteiger partial charge in [-0.2, -0.15) is 0 Å². The van der Waals surface area contributed by atoms with Crippen molar-refractivity contribution in [1.82, 2.24) is 0 Å². The van der Waals surface area contributed by atoms with E-state index in [0.29, 0.717) is 0 Å². The van der Waals surface area contributed by atoms with Crippen LogP contribution in [0.3, 0.4) is 0 Å². The van der Waals surface area contributed by atoms with Crippen molar-refractivity contribution in [3.8, 4) is 17.2 Å². The third-order valence-electron chi connectivity index (χ3n) is 1.81. The van der Waals surface area contributed by atoms with Gasteiger partial charge in [-0.1, -0.05) is 0 Å². The summed E-state index contributed by atoms with van der Waals surface area (Å²) in [4.78, 5) is 10.8. The number of rotatable bonds is 3. The molecule has 1 rings (SSSR count). The second-order valence-electron chi connectivity index (χ2n) is 2.62. The molecule has 0 saturated carbocycles. The minimum absolute atomic E-state index is 0.00176. The summed E-state index contributed by atoms with van der Waals surface area (Å²) in [7, 11) is 2.71. The summed E-state index contributed by atoms with van der Waals surface area (Å²) in [6.45, 7) is 0. The first-order valence-corrected chi connectivity index (χ1v) is 4.69. The lowest BCUT2D eigenvalue weighted by Crippen LogP contribution is -2.01. The fraction of sp³-hybridized carbons (Fsp3) is 0.222. The van der Waals surface area contributed by atoms with E-state index in [2.05, 4.69) is 15.9 Å². The number of benzene rings is 1. The lowest BCUT2D eigenvalue weighted by molar-refractivity contribution is 0.0692. The molecule has 1 aromatic carbocycles. The second-order valence-corrected chi connectivity index (χ2v) is 3.48. The Morgan fingerprint density at radius 2 is 2.00 bits per heavy atom. The van der Waals surface area contributed by atoms with Crippen LogP contribution in [0.25, 0.3) is 0 Å². The molecule has 15 heavy (non-hydrogen) atoms. The van der Waals surface area contributed by atoms with Gasteiger partial charge in [0.15, 0.2) is 11.5 Å². The molecule has 0 unspecified atom stereocenters. The summed E-state index contributed by atoms with van der Waals surface area (Å²) in [6.07, 6.45) is 0. The smallest absolute Gasteiger partial charge is 0.340 e. The molecule has 0 radical (unpaired) electrons. The molecule has 0 saturated heterocycles. The Bertz CT molecular complexity index is 402. The number of phenols is 1. The number of aromatic hydroxyl groups is 1. The van der Waals surface area contributed by atoms with Crippen molar-refractivity contribution in [2.75, 3.05) is 14.2 Å². The molecule has 6 heteroatoms. The van der Waals surface area contributed by atoms with Crippen LogP contribution in [0.2, 0.25) is 0 Å². The van der Waals surface area contributed by atoms with Crippen molar-refractivity contribution in [2.24, 2.45) is 0 Å². The fourth-order valence-corrected chi connectivity index (χ4v) is 1.71. The van der Waals surface area contributed by atoms with E-state index in [4.69, 9.17) is 14.6 Å². The Morgan fingerprint density at radius 1 is 1.40 bits per heavy atom. The molecule has 0 spiro atoms. The number of ether oxygens (including phenoxy) is 2. The van der Waals surface area contributed by atoms with Gasteiger partial charge in [0.25, 0.3) is 0 Å². The largest absolute Gasteiger partial charge is 0.504 e. The highest BCUT2D eigenvalue weighted by molar-refractivity contribution is 9.10. The van der Waals surface area contributed by atoms with E-state index in [1.54, 1.807) is 0 Å². The molecular formula is C9H9BrO5. The summed E-state index contributed by atoms with van der Waals surface area (Å²) in [5.41, 5.74) is -0.257. The number of hydrogen-bond donors (Lipinski definition) is 2. The molecule has 0 heterocycles. The first-order valence-electron chi connectivity index (χ1n) is 3.89. The highest BCUT2D eigenvalue weighted by Gasteiger charge is 2.22. The number of hydrogen-bond acceptors (Lipinski definition) is 4. The van der Waals surface area contributed by atoms with Gasteiger partial charge in [0, 0.05) is 4.47 Å². The summed E-state index contributed by atoms with van der Waals surface area (Å²) in [5.74, 6) is -1.46. The van der Waals surface area contributed by atoms with Crippen LogP contribution < -0.4 is 9.47 Å². The molecule has 1 aromatic rings. The molecule has 0 aliphatic heterocycles. The van der Waals surface area contributed by atoms with E-state index in [9.17, 15) is 9.90 Å². The van der Waals surface area contributed by atoms with Crippen molar-refractivity contribution in [2.45, 2.75) is 0 Å². The number of carboxylic acids is 1. The predicted octanol–water partition coefficient (Wildman–Crippen LogP) is 1.87. The molecule has 82 valence electrons. The maximum absolute atomic E-state index is 10.8. The molecule has 0 bridgehead atoms. The van der Waals surface area contributed by atoms with Gasteiger partial charge in [0.2, 0.25) is 5.75 Å². The quantitative estimate of drug-likeness (QED) is 0.882. The molecule has 5 nitrogen and oxygen atoms in total. The maximum atomic E-state index is 10.8. The molecular weight excluding hydrogens is 268 g/mol. The predicted molar refractivity (Wildman–Crippen MR) is 55.9 cm³/mol. The maximum Gasteiger partial charge on any atom is 0.340 e. The van der Waals surface area contributed by atoms with Crippen molar-refractivity contribution in [3.63, 3.8) is 0 Å². The zero-order valence-corrected chi connectivity index (χ0v) is 9.66. The third-order valence-corrected chi connectivity index (χ3v) is 2.44. The SMILES string of the molecule is COc1cc(Br)c(C(=O)O)c(O)c1OC. The average Bonchev–Trinajstić information content (AvgIpc) is 2.16. The molecule has 0 amide bonds. The Kier molecular flexibility index (Phi) is 3.41. The van der Waals surface area contributed by atoms with Crippen molar-refractivity contribution in [1.29, 1.82) is 0 Å². The summed E-state index contributed by atoms with van der Waals surface area (Å²) in [5, 5.41) is 18.5. The number of halogens is 1. The molecule has 0 aliphatic rings. The average molecular weight is 277 g/mol. The van der Waals surface area contributed by atoms with E-state index >= 15 is 0 Å². The molecule has 2 N–H and O–H groups in total. The van der Waals surface area contributed by atoms with Gasteiger partial charge in [-0.25, -0.2) is 4.79 Å². The topological polar surface area (TPSA) is 76.0 Å². The van der Waals surface area contributed by atoms with E-state index in [-0.39, 0.29) is 21.5 Å². The Morgan fingerprint density at radius 3 is 2.40 bits per heavy atom. The van der Waals surface area contributed by atoms with Crippen molar-refractivity contribution < 1.29 is 24.5 Å². The normalized spacial score (nSPS) is 9.80. The van der Waals surface area contributed by atoms with Gasteiger partial charge in [0.05, 0.1) is 14.2 Å². The van der Waals surface area contributed by atoms with Gasteiger partial charge in [0.1, 0.15) is 5.56 Å². The number of aromatic carboxylic acids is 1. The van der Waals surface area contributed by atoms with Crippen LogP contribution in [0.15, 0.2) is 10.5 Å². The lowest BCUT2D eigenvalue weighted by Gasteiger charge is -2.12. The van der Waals surface area contributed by atoms with Crippen molar-refractivity contribution in [3.05, 3.63) is 16.1 Å². The Hall–Kier alpha value is -1.43. The zero-order valence-electron chi connectivity index (χ0n) is 8.07. The van der Waals surface area contributed by atoms with Crippen LogP contribution in [-0.4, -0.2) is 30.4 Å². The van der Waals surface area contributed by atoms with Crippen LogP contribution in [0.4, 0.5) is 0 Å². The number of carboxylic acid groups (broad SMARTS) is 1. The highest BCUT2D eigenvalue weighted by atomic mass is 79.9. The van der Waals surface area contributed by atoms with E-state index < -0.39 is 11.7 Å².